The average molecular weight is 420 g/mol. The number of rotatable bonds is 7. The normalized spacial score (nSPS) is 26.3. The molecule has 162 valence electrons. The summed E-state index contributed by atoms with van der Waals surface area (Å²) in [7, 11) is 0. The highest BCUT2D eigenvalue weighted by molar-refractivity contribution is 6.01. The van der Waals surface area contributed by atoms with Crippen molar-refractivity contribution in [1.29, 1.82) is 0 Å². The zero-order valence-electron chi connectivity index (χ0n) is 16.0. The number of hydrogen-bond donors (Lipinski definition) is 6. The molecule has 0 saturated carbocycles. The molecule has 0 radical (unpaired) electrons. The van der Waals surface area contributed by atoms with Crippen LogP contribution < -0.4 is 4.74 Å². The number of hydrogen-bond acceptors (Lipinski definition) is 9. The number of ether oxygens (including phenoxy) is 2. The van der Waals surface area contributed by atoms with Gasteiger partial charge in [-0.15, -0.1) is 0 Å². The molecule has 0 amide bonds. The van der Waals surface area contributed by atoms with Crippen LogP contribution in [0.25, 0.3) is 0 Å². The molecule has 1 heterocycles. The zero-order valence-corrected chi connectivity index (χ0v) is 16.0. The van der Waals surface area contributed by atoms with Crippen molar-refractivity contribution in [2.24, 2.45) is 0 Å². The van der Waals surface area contributed by atoms with E-state index in [-0.39, 0.29) is 17.7 Å². The molecular formula is C21H24O9. The number of Topliss-reactive ketones (excluding diaryl/α,β-unsaturated/α-hetero) is 1. The van der Waals surface area contributed by atoms with Gasteiger partial charge >= 0.3 is 0 Å². The van der Waals surface area contributed by atoms with E-state index in [0.717, 1.165) is 17.7 Å². The van der Waals surface area contributed by atoms with Gasteiger partial charge in [-0.3, -0.25) is 4.79 Å². The van der Waals surface area contributed by atoms with Gasteiger partial charge in [-0.25, -0.2) is 0 Å². The molecule has 9 heteroatoms. The third-order valence-corrected chi connectivity index (χ3v) is 4.92. The molecule has 2 aromatic carbocycles. The van der Waals surface area contributed by atoms with E-state index in [9.17, 15) is 35.4 Å². The lowest BCUT2D eigenvalue weighted by atomic mass is 9.99. The van der Waals surface area contributed by atoms with Crippen LogP contribution in [0, 0.1) is 0 Å². The number of phenols is 2. The Morgan fingerprint density at radius 3 is 2.37 bits per heavy atom. The zero-order chi connectivity index (χ0) is 21.8. The molecule has 5 atom stereocenters. The van der Waals surface area contributed by atoms with Crippen LogP contribution in [0.4, 0.5) is 0 Å². The summed E-state index contributed by atoms with van der Waals surface area (Å²) in [6.45, 7) is -0.654. The fourth-order valence-electron chi connectivity index (χ4n) is 3.28. The predicted molar refractivity (Wildman–Crippen MR) is 103 cm³/mol. The summed E-state index contributed by atoms with van der Waals surface area (Å²) in [4.78, 5) is 12.8. The van der Waals surface area contributed by atoms with Crippen LogP contribution in [0.5, 0.6) is 17.2 Å². The third-order valence-electron chi connectivity index (χ3n) is 4.92. The summed E-state index contributed by atoms with van der Waals surface area (Å²) < 4.78 is 10.8. The number of aromatic hydroxyl groups is 2. The van der Waals surface area contributed by atoms with Crippen LogP contribution in [0.3, 0.4) is 0 Å². The van der Waals surface area contributed by atoms with E-state index >= 15 is 0 Å². The van der Waals surface area contributed by atoms with Crippen molar-refractivity contribution in [2.45, 2.75) is 43.5 Å². The Labute approximate surface area is 172 Å². The number of carbonyl (C=O) groups excluding carboxylic acids is 1. The van der Waals surface area contributed by atoms with Gasteiger partial charge in [-0.05, 0) is 12.0 Å². The number of aliphatic hydroxyl groups is 4. The molecule has 9 nitrogen and oxygen atoms in total. The van der Waals surface area contributed by atoms with Gasteiger partial charge in [0, 0.05) is 18.6 Å². The lowest BCUT2D eigenvalue weighted by molar-refractivity contribution is -0.277. The number of benzene rings is 2. The van der Waals surface area contributed by atoms with E-state index in [0.29, 0.717) is 6.42 Å². The Balaban J connectivity index is 1.83. The first-order valence-corrected chi connectivity index (χ1v) is 9.42. The molecule has 1 aliphatic heterocycles. The number of aliphatic hydroxyl groups excluding tert-OH is 4. The molecular weight excluding hydrogens is 396 g/mol. The van der Waals surface area contributed by atoms with E-state index in [1.165, 1.54) is 0 Å². The minimum atomic E-state index is -1.71. The van der Waals surface area contributed by atoms with Crippen molar-refractivity contribution in [3.05, 3.63) is 53.6 Å². The van der Waals surface area contributed by atoms with Gasteiger partial charge in [0.15, 0.2) is 5.78 Å². The number of aryl methyl sites for hydroxylation is 1. The maximum atomic E-state index is 12.8. The SMILES string of the molecule is O=C(CCc1ccccc1)c1c(O)cc(O)cc1O[C@@H]1O[C@@H](CO)[C@@H](O)[C@@H](O)[C@@H]1O. The van der Waals surface area contributed by atoms with E-state index in [1.807, 2.05) is 30.3 Å². The van der Waals surface area contributed by atoms with Gasteiger partial charge in [0.1, 0.15) is 47.2 Å². The fraction of sp³-hybridized carbons (Fsp3) is 0.381. The van der Waals surface area contributed by atoms with Crippen LogP contribution in [0.2, 0.25) is 0 Å². The van der Waals surface area contributed by atoms with E-state index in [2.05, 4.69) is 0 Å². The summed E-state index contributed by atoms with van der Waals surface area (Å²) >= 11 is 0. The third kappa shape index (κ3) is 4.72. The Bertz CT molecular complexity index is 868. The van der Waals surface area contributed by atoms with E-state index in [4.69, 9.17) is 9.47 Å². The molecule has 1 aliphatic rings. The summed E-state index contributed by atoms with van der Waals surface area (Å²) in [6.07, 6.45) is -7.30. The van der Waals surface area contributed by atoms with Gasteiger partial charge in [0.2, 0.25) is 6.29 Å². The molecule has 0 spiro atoms. The van der Waals surface area contributed by atoms with Crippen molar-refractivity contribution in [2.75, 3.05) is 6.61 Å². The highest BCUT2D eigenvalue weighted by Gasteiger charge is 2.45. The van der Waals surface area contributed by atoms with Gasteiger partial charge in [0.25, 0.3) is 0 Å². The topological polar surface area (TPSA) is 157 Å². The second-order valence-corrected chi connectivity index (χ2v) is 7.06. The minimum Gasteiger partial charge on any atom is -0.508 e. The fourth-order valence-corrected chi connectivity index (χ4v) is 3.28. The highest BCUT2D eigenvalue weighted by Crippen LogP contribution is 2.36. The second-order valence-electron chi connectivity index (χ2n) is 7.06. The molecule has 30 heavy (non-hydrogen) atoms. The molecule has 1 saturated heterocycles. The minimum absolute atomic E-state index is 0.0351. The largest absolute Gasteiger partial charge is 0.508 e. The maximum absolute atomic E-state index is 12.8. The molecule has 1 fully saturated rings. The summed E-state index contributed by atoms with van der Waals surface area (Å²) in [6, 6.07) is 11.3. The molecule has 6 N–H and O–H groups in total. The summed E-state index contributed by atoms with van der Waals surface area (Å²) in [5.74, 6) is -1.66. The van der Waals surface area contributed by atoms with E-state index in [1.54, 1.807) is 0 Å². The van der Waals surface area contributed by atoms with Crippen LogP contribution >= 0.6 is 0 Å². The Morgan fingerprint density at radius 1 is 1.00 bits per heavy atom. The lowest BCUT2D eigenvalue weighted by Gasteiger charge is -2.39. The molecule has 3 rings (SSSR count). The first-order valence-electron chi connectivity index (χ1n) is 9.42. The number of phenolic OH excluding ortho intramolecular Hbond substituents is 2. The Morgan fingerprint density at radius 2 is 1.70 bits per heavy atom. The summed E-state index contributed by atoms with van der Waals surface area (Å²) in [5.41, 5.74) is 0.696. The van der Waals surface area contributed by atoms with Crippen LogP contribution in [0.1, 0.15) is 22.3 Å². The molecule has 0 bridgehead atoms. The van der Waals surface area contributed by atoms with Gasteiger partial charge in [-0.1, -0.05) is 30.3 Å². The van der Waals surface area contributed by atoms with Crippen LogP contribution in [-0.4, -0.2) is 73.7 Å². The second kappa shape index (κ2) is 9.41. The first-order chi connectivity index (χ1) is 14.3. The average Bonchev–Trinajstić information content (AvgIpc) is 2.72. The Hall–Kier alpha value is -2.69. The quantitative estimate of drug-likeness (QED) is 0.342. The molecule has 2 aromatic rings. The van der Waals surface area contributed by atoms with Crippen LogP contribution in [0.15, 0.2) is 42.5 Å². The standard InChI is InChI=1S/C21H24O9/c22-10-16-18(26)19(27)20(28)21(30-16)29-15-9-12(23)8-14(25)17(15)13(24)7-6-11-4-2-1-3-5-11/h1-5,8-9,16,18-23,25-28H,6-7,10H2/t16-,18+,19+,20-,21+/m0/s1. The van der Waals surface area contributed by atoms with Crippen LogP contribution in [-0.2, 0) is 11.2 Å². The van der Waals surface area contributed by atoms with Gasteiger partial charge < -0.3 is 40.1 Å². The van der Waals surface area contributed by atoms with Crippen molar-refractivity contribution in [3.63, 3.8) is 0 Å². The molecule has 0 aromatic heterocycles. The smallest absolute Gasteiger partial charge is 0.229 e. The first kappa shape index (κ1) is 22.0. The monoisotopic (exact) mass is 420 g/mol. The number of carbonyl (C=O) groups is 1. The Kier molecular flexibility index (Phi) is 6.91. The van der Waals surface area contributed by atoms with Crippen molar-refractivity contribution >= 4 is 5.78 Å². The van der Waals surface area contributed by atoms with Crippen molar-refractivity contribution in [1.82, 2.24) is 0 Å². The van der Waals surface area contributed by atoms with Crippen molar-refractivity contribution in [3.8, 4) is 17.2 Å². The van der Waals surface area contributed by atoms with Gasteiger partial charge in [0.05, 0.1) is 6.61 Å². The van der Waals surface area contributed by atoms with E-state index < -0.39 is 54.6 Å². The summed E-state index contributed by atoms with van der Waals surface area (Å²) in [5, 5.41) is 59.3. The highest BCUT2D eigenvalue weighted by atomic mass is 16.7. The number of ketones is 1. The van der Waals surface area contributed by atoms with Crippen molar-refractivity contribution < 1.29 is 44.9 Å². The molecule has 0 unspecified atom stereocenters. The lowest BCUT2D eigenvalue weighted by Crippen LogP contribution is -2.60. The predicted octanol–water partition coefficient (Wildman–Crippen LogP) is 0.0920. The molecule has 0 aliphatic carbocycles. The maximum Gasteiger partial charge on any atom is 0.229 e. The van der Waals surface area contributed by atoms with Gasteiger partial charge in [-0.2, -0.15) is 0 Å².